The Bertz CT molecular complexity index is 6300. The summed E-state index contributed by atoms with van der Waals surface area (Å²) in [6, 6.07) is 139. The van der Waals surface area contributed by atoms with E-state index in [1.165, 1.54) is 209 Å². The molecule has 584 valence electrons. The molecule has 0 saturated heterocycles. The van der Waals surface area contributed by atoms with E-state index in [9.17, 15) is 0 Å². The van der Waals surface area contributed by atoms with Gasteiger partial charge in [0.25, 0.3) is 0 Å². The third-order valence-corrected chi connectivity index (χ3v) is 21.9. The SMILES string of the molecule is Cc1cc2cc3ccccc3cc2cc1C.Cc1ccc(-c2ccc(C)cc2)cc1.Cc1ccc(-c2cccc(C)c2)cc1.Cc1ccc(-c2ccccc2C)cc1.Cc1ccc(C)c2cc3ccccc3cc12.Cc1ccc2cc3cc(C)ccc3cc2c1.Cc1cccc(-c2cccc(C)c2)c1.Cc1cccc(-c2ccccc2C)c1. The molecular weight excluding hydrogens is 1420 g/mol. The molecule has 0 N–H and O–H groups in total. The quantitative estimate of drug-likeness (QED) is 0.151. The van der Waals surface area contributed by atoms with E-state index in [0.717, 1.165) is 0 Å². The van der Waals surface area contributed by atoms with Gasteiger partial charge in [-0.05, 0) is 301 Å². The summed E-state index contributed by atoms with van der Waals surface area (Å²) in [5, 5.41) is 16.0. The normalized spacial score (nSPS) is 10.5. The molecule has 0 nitrogen and oxygen atoms in total. The molecule has 19 aromatic rings. The van der Waals surface area contributed by atoms with E-state index in [1.807, 2.05) is 0 Å². The Morgan fingerprint density at radius 3 is 0.695 bits per heavy atom. The van der Waals surface area contributed by atoms with Crippen LogP contribution in [-0.2, 0) is 0 Å². The number of hydrogen-bond acceptors (Lipinski definition) is 0. The van der Waals surface area contributed by atoms with Crippen LogP contribution in [0.2, 0.25) is 0 Å². The second kappa shape index (κ2) is 40.3. The van der Waals surface area contributed by atoms with Crippen LogP contribution in [0.25, 0.3) is 120 Å². The van der Waals surface area contributed by atoms with Crippen LogP contribution in [0.3, 0.4) is 0 Å². The third-order valence-electron chi connectivity index (χ3n) is 21.9. The van der Waals surface area contributed by atoms with Crippen LogP contribution in [0.4, 0.5) is 0 Å². The molecule has 0 unspecified atom stereocenters. The van der Waals surface area contributed by atoms with Crippen LogP contribution in [-0.4, -0.2) is 0 Å². The Morgan fingerprint density at radius 1 is 0.110 bits per heavy atom. The summed E-state index contributed by atoms with van der Waals surface area (Å²) in [5.74, 6) is 0. The summed E-state index contributed by atoms with van der Waals surface area (Å²) in [6.45, 7) is 34.2. The van der Waals surface area contributed by atoms with Gasteiger partial charge >= 0.3 is 0 Å². The Kier molecular flexibility index (Phi) is 28.8. The molecule has 0 heteroatoms. The van der Waals surface area contributed by atoms with Crippen molar-refractivity contribution in [2.24, 2.45) is 0 Å². The van der Waals surface area contributed by atoms with Crippen molar-refractivity contribution in [2.75, 3.05) is 0 Å². The van der Waals surface area contributed by atoms with Gasteiger partial charge in [0, 0.05) is 0 Å². The Balaban J connectivity index is 0.000000124. The molecule has 19 aromatic carbocycles. The smallest absolute Gasteiger partial charge is 0.0146 e. The van der Waals surface area contributed by atoms with Crippen molar-refractivity contribution in [3.8, 4) is 55.6 Å². The van der Waals surface area contributed by atoms with E-state index < -0.39 is 0 Å². The van der Waals surface area contributed by atoms with E-state index in [4.69, 9.17) is 0 Å². The maximum atomic E-state index is 2.30. The lowest BCUT2D eigenvalue weighted by Gasteiger charge is -2.07. The first-order chi connectivity index (χ1) is 57.0. The molecule has 0 atom stereocenters. The molecule has 0 fully saturated rings. The minimum absolute atomic E-state index is 1.29. The number of fused-ring (bicyclic) bond motifs is 6. The van der Waals surface area contributed by atoms with Crippen molar-refractivity contribution in [2.45, 2.75) is 111 Å². The molecule has 0 spiro atoms. The van der Waals surface area contributed by atoms with E-state index in [2.05, 4.69) is 499 Å². The molecule has 0 aromatic heterocycles. The highest BCUT2D eigenvalue weighted by atomic mass is 14.1. The van der Waals surface area contributed by atoms with Gasteiger partial charge in [-0.15, -0.1) is 0 Å². The molecule has 0 aliphatic carbocycles. The lowest BCUT2D eigenvalue weighted by molar-refractivity contribution is 1.37. The molecule has 0 aliphatic heterocycles. The fourth-order valence-electron chi connectivity index (χ4n) is 14.8. The van der Waals surface area contributed by atoms with Crippen molar-refractivity contribution in [3.05, 3.63) is 477 Å². The van der Waals surface area contributed by atoms with Gasteiger partial charge in [-0.1, -0.05) is 407 Å². The topological polar surface area (TPSA) is 0 Å². The molecule has 0 heterocycles. The average Bonchev–Trinajstić information content (AvgIpc) is 0.808. The lowest BCUT2D eigenvalue weighted by atomic mass is 9.97. The molecule has 0 saturated carbocycles. The largest absolute Gasteiger partial charge is 0.0620 e. The zero-order valence-corrected chi connectivity index (χ0v) is 72.0. The molecule has 19 rings (SSSR count). The Morgan fingerprint density at radius 2 is 0.356 bits per heavy atom. The van der Waals surface area contributed by atoms with Crippen molar-refractivity contribution in [1.82, 2.24) is 0 Å². The van der Waals surface area contributed by atoms with Gasteiger partial charge in [-0.25, -0.2) is 0 Å². The predicted octanol–water partition coefficient (Wildman–Crippen LogP) is 33.7. The zero-order valence-electron chi connectivity index (χ0n) is 72.0. The van der Waals surface area contributed by atoms with Crippen molar-refractivity contribution in [1.29, 1.82) is 0 Å². The van der Waals surface area contributed by atoms with E-state index in [0.29, 0.717) is 0 Å². The van der Waals surface area contributed by atoms with Crippen LogP contribution in [0, 0.1) is 111 Å². The first-order valence-electron chi connectivity index (χ1n) is 41.4. The molecule has 0 radical (unpaired) electrons. The van der Waals surface area contributed by atoms with E-state index in [1.54, 1.807) is 0 Å². The molecule has 118 heavy (non-hydrogen) atoms. The summed E-state index contributed by atoms with van der Waals surface area (Å²) in [6.07, 6.45) is 0. The maximum Gasteiger partial charge on any atom is -0.0146 e. The molecule has 0 bridgehead atoms. The highest BCUT2D eigenvalue weighted by Crippen LogP contribution is 2.32. The summed E-state index contributed by atoms with van der Waals surface area (Å²) in [5.41, 5.74) is 34.2. The first-order valence-corrected chi connectivity index (χ1v) is 41.4. The number of hydrogen-bond donors (Lipinski definition) is 0. The highest BCUT2D eigenvalue weighted by Gasteiger charge is 2.08. The number of aryl methyl sites for hydroxylation is 16. The van der Waals surface area contributed by atoms with Gasteiger partial charge in [0.1, 0.15) is 0 Å². The first kappa shape index (κ1) is 84.1. The van der Waals surface area contributed by atoms with Gasteiger partial charge < -0.3 is 0 Å². The summed E-state index contributed by atoms with van der Waals surface area (Å²) in [4.78, 5) is 0. The summed E-state index contributed by atoms with van der Waals surface area (Å²) >= 11 is 0. The minimum atomic E-state index is 1.29. The Hall–Kier alpha value is -13.3. The molecule has 0 aliphatic rings. The zero-order chi connectivity index (χ0) is 83.2. The van der Waals surface area contributed by atoms with E-state index >= 15 is 0 Å². The fourth-order valence-corrected chi connectivity index (χ4v) is 14.8. The van der Waals surface area contributed by atoms with Crippen LogP contribution >= 0.6 is 0 Å². The van der Waals surface area contributed by atoms with Gasteiger partial charge in [0.2, 0.25) is 0 Å². The van der Waals surface area contributed by atoms with Gasteiger partial charge in [-0.2, -0.15) is 0 Å². The molecular formula is C118H112. The summed E-state index contributed by atoms with van der Waals surface area (Å²) < 4.78 is 0. The van der Waals surface area contributed by atoms with Gasteiger partial charge in [0.05, 0.1) is 0 Å². The third kappa shape index (κ3) is 23.3. The Labute approximate surface area is 703 Å². The minimum Gasteiger partial charge on any atom is -0.0620 e. The monoisotopic (exact) mass is 1530 g/mol. The van der Waals surface area contributed by atoms with Gasteiger partial charge in [-0.3, -0.25) is 0 Å². The van der Waals surface area contributed by atoms with Crippen LogP contribution in [0.5, 0.6) is 0 Å². The van der Waals surface area contributed by atoms with Gasteiger partial charge in [0.15, 0.2) is 0 Å². The number of benzene rings is 19. The second-order valence-corrected chi connectivity index (χ2v) is 32.1. The molecule has 0 amide bonds. The summed E-state index contributed by atoms with van der Waals surface area (Å²) in [7, 11) is 0. The highest BCUT2D eigenvalue weighted by molar-refractivity contribution is 6.02. The van der Waals surface area contributed by atoms with Crippen molar-refractivity contribution in [3.63, 3.8) is 0 Å². The maximum absolute atomic E-state index is 2.30. The van der Waals surface area contributed by atoms with Crippen LogP contribution in [0.1, 0.15) is 89.0 Å². The fraction of sp³-hybridized carbons (Fsp3) is 0.136. The number of rotatable bonds is 5. The average molecular weight is 1530 g/mol. The lowest BCUT2D eigenvalue weighted by Crippen LogP contribution is -1.83. The van der Waals surface area contributed by atoms with Crippen molar-refractivity contribution < 1.29 is 0 Å². The standard InChI is InChI=1S/3C16H14.5C14H14/c1-11-3-5-13-10-16-8-12(2)4-6-14(16)9-15(13)7-11;1-11-7-15-9-13-5-3-4-6-14(13)10-16(15)8-12(11)2;1-11-7-8-12(2)16-10-14-6-4-3-5-13(14)9-15(11)16;1-11-3-7-13(8-4-11)14-9-5-12(2)6-10-14;1-11-5-3-7-13(9-11)14-8-4-6-12(2)10-14;1-11-6-5-8-13(10-11)14-9-4-3-7-12(14)2;1-11-6-8-13(9-7-11)14-5-3-4-12(2)10-14;1-11-7-9-13(10-8-11)14-6-4-3-5-12(14)2/h3*3-10H,1-2H3;5*3-10H,1-2H3. The van der Waals surface area contributed by atoms with Crippen molar-refractivity contribution >= 4 is 64.6 Å². The predicted molar refractivity (Wildman–Crippen MR) is 520 cm³/mol. The van der Waals surface area contributed by atoms with Crippen LogP contribution < -0.4 is 0 Å². The van der Waals surface area contributed by atoms with E-state index in [-0.39, 0.29) is 0 Å². The second-order valence-electron chi connectivity index (χ2n) is 32.1. The van der Waals surface area contributed by atoms with Crippen LogP contribution in [0.15, 0.2) is 388 Å².